The number of nitrogens with zero attached hydrogens (tertiary/aromatic N) is 3. The largest absolute Gasteiger partial charge is 0.497 e. The molecule has 0 bridgehead atoms. The zero-order valence-corrected chi connectivity index (χ0v) is 15.4. The fraction of sp³-hybridized carbons (Fsp3) is 0.333. The Labute approximate surface area is 158 Å². The van der Waals surface area contributed by atoms with Gasteiger partial charge in [-0.05, 0) is 36.4 Å². The van der Waals surface area contributed by atoms with E-state index in [2.05, 4.69) is 21.9 Å². The number of carbonyl (C=O) groups is 2. The Morgan fingerprint density at radius 1 is 0.852 bits per heavy atom. The molecule has 0 N–H and O–H groups in total. The van der Waals surface area contributed by atoms with E-state index >= 15 is 0 Å². The number of rotatable bonds is 4. The molecule has 0 aliphatic carbocycles. The maximum atomic E-state index is 12.9. The van der Waals surface area contributed by atoms with Gasteiger partial charge in [-0.3, -0.25) is 14.5 Å². The van der Waals surface area contributed by atoms with E-state index in [-0.39, 0.29) is 24.3 Å². The van der Waals surface area contributed by atoms with Crippen molar-refractivity contribution in [3.63, 3.8) is 0 Å². The fourth-order valence-corrected chi connectivity index (χ4v) is 3.83. The molecule has 2 saturated heterocycles. The number of benzene rings is 2. The summed E-state index contributed by atoms with van der Waals surface area (Å²) in [5.74, 6) is 0.436. The van der Waals surface area contributed by atoms with Crippen LogP contribution in [-0.4, -0.2) is 56.0 Å². The van der Waals surface area contributed by atoms with Gasteiger partial charge in [-0.1, -0.05) is 18.2 Å². The van der Waals surface area contributed by atoms with Crippen LogP contribution in [0, 0.1) is 0 Å². The fourth-order valence-electron chi connectivity index (χ4n) is 3.83. The third kappa shape index (κ3) is 3.40. The highest BCUT2D eigenvalue weighted by Gasteiger charge is 2.43. The summed E-state index contributed by atoms with van der Waals surface area (Å²) in [5.41, 5.74) is 1.81. The second-order valence-corrected chi connectivity index (χ2v) is 6.84. The molecule has 2 fully saturated rings. The highest BCUT2D eigenvalue weighted by molar-refractivity contribution is 6.22. The number of methoxy groups -OCH3 is 1. The standard InChI is InChI=1S/C21H23N3O3/c1-27-18-9-7-17(8-10-18)24-20(25)15-19(21(24)26)23-13-11-22(12-14-23)16-5-3-2-4-6-16/h2-10,19H,11-15H2,1H3/t19-/m1/s1. The maximum absolute atomic E-state index is 12.9. The number of anilines is 2. The number of piperazine rings is 1. The van der Waals surface area contributed by atoms with Crippen LogP contribution >= 0.6 is 0 Å². The lowest BCUT2D eigenvalue weighted by Crippen LogP contribution is -2.52. The Kier molecular flexibility index (Phi) is 4.81. The number of amides is 2. The third-order valence-electron chi connectivity index (χ3n) is 5.33. The average Bonchev–Trinajstić information content (AvgIpc) is 3.03. The molecule has 2 heterocycles. The van der Waals surface area contributed by atoms with E-state index in [4.69, 9.17) is 4.74 Å². The van der Waals surface area contributed by atoms with Gasteiger partial charge in [0.25, 0.3) is 5.91 Å². The van der Waals surface area contributed by atoms with Gasteiger partial charge in [-0.25, -0.2) is 4.90 Å². The van der Waals surface area contributed by atoms with Gasteiger partial charge in [0, 0.05) is 31.9 Å². The molecule has 0 spiro atoms. The normalized spacial score (nSPS) is 21.0. The summed E-state index contributed by atoms with van der Waals surface area (Å²) >= 11 is 0. The van der Waals surface area contributed by atoms with Crippen LogP contribution in [0.3, 0.4) is 0 Å². The number of hydrogen-bond donors (Lipinski definition) is 0. The predicted molar refractivity (Wildman–Crippen MR) is 104 cm³/mol. The number of hydrogen-bond acceptors (Lipinski definition) is 5. The molecule has 1 atom stereocenters. The van der Waals surface area contributed by atoms with Crippen LogP contribution in [0.5, 0.6) is 5.75 Å². The summed E-state index contributed by atoms with van der Waals surface area (Å²) in [6.07, 6.45) is 0.246. The van der Waals surface area contributed by atoms with Crippen molar-refractivity contribution < 1.29 is 14.3 Å². The van der Waals surface area contributed by atoms with Gasteiger partial charge >= 0.3 is 0 Å². The van der Waals surface area contributed by atoms with E-state index in [0.29, 0.717) is 11.4 Å². The second kappa shape index (κ2) is 7.40. The highest BCUT2D eigenvalue weighted by atomic mass is 16.5. The summed E-state index contributed by atoms with van der Waals surface area (Å²) in [7, 11) is 1.59. The van der Waals surface area contributed by atoms with Gasteiger partial charge in [0.05, 0.1) is 25.3 Å². The molecule has 6 heteroatoms. The van der Waals surface area contributed by atoms with Gasteiger partial charge in [-0.15, -0.1) is 0 Å². The van der Waals surface area contributed by atoms with Crippen molar-refractivity contribution in [1.82, 2.24) is 4.90 Å². The first-order chi connectivity index (χ1) is 13.2. The van der Waals surface area contributed by atoms with E-state index in [1.807, 2.05) is 18.2 Å². The molecule has 2 aliphatic rings. The quantitative estimate of drug-likeness (QED) is 0.777. The third-order valence-corrected chi connectivity index (χ3v) is 5.33. The summed E-state index contributed by atoms with van der Waals surface area (Å²) in [6.45, 7) is 3.25. The minimum atomic E-state index is -0.363. The topological polar surface area (TPSA) is 53.1 Å². The zero-order valence-electron chi connectivity index (χ0n) is 15.4. The lowest BCUT2D eigenvalue weighted by molar-refractivity contribution is -0.123. The van der Waals surface area contributed by atoms with Crippen molar-refractivity contribution in [3.8, 4) is 5.75 Å². The monoisotopic (exact) mass is 365 g/mol. The van der Waals surface area contributed by atoms with Crippen LogP contribution < -0.4 is 14.5 Å². The first-order valence-corrected chi connectivity index (χ1v) is 9.22. The molecule has 0 radical (unpaired) electrons. The van der Waals surface area contributed by atoms with Crippen molar-refractivity contribution in [3.05, 3.63) is 54.6 Å². The van der Waals surface area contributed by atoms with Crippen LogP contribution in [0.1, 0.15) is 6.42 Å². The summed E-state index contributed by atoms with van der Waals surface area (Å²) < 4.78 is 5.15. The number of imide groups is 1. The highest BCUT2D eigenvalue weighted by Crippen LogP contribution is 2.28. The molecule has 140 valence electrons. The van der Waals surface area contributed by atoms with Crippen molar-refractivity contribution in [2.45, 2.75) is 12.5 Å². The van der Waals surface area contributed by atoms with Crippen LogP contribution in [0.2, 0.25) is 0 Å². The second-order valence-electron chi connectivity index (χ2n) is 6.84. The molecular formula is C21H23N3O3. The molecule has 2 aliphatic heterocycles. The number of para-hydroxylation sites is 1. The first-order valence-electron chi connectivity index (χ1n) is 9.22. The van der Waals surface area contributed by atoms with E-state index < -0.39 is 0 Å². The molecular weight excluding hydrogens is 342 g/mol. The van der Waals surface area contributed by atoms with Gasteiger partial charge in [-0.2, -0.15) is 0 Å². The molecule has 4 rings (SSSR count). The molecule has 0 aromatic heterocycles. The summed E-state index contributed by atoms with van der Waals surface area (Å²) in [6, 6.07) is 17.0. The van der Waals surface area contributed by atoms with Gasteiger partial charge in [0.2, 0.25) is 5.91 Å². The van der Waals surface area contributed by atoms with Crippen LogP contribution in [0.4, 0.5) is 11.4 Å². The van der Waals surface area contributed by atoms with Crippen molar-refractivity contribution in [1.29, 1.82) is 0 Å². The lowest BCUT2D eigenvalue weighted by atomic mass is 10.1. The molecule has 27 heavy (non-hydrogen) atoms. The van der Waals surface area contributed by atoms with Crippen LogP contribution in [-0.2, 0) is 9.59 Å². The Hall–Kier alpha value is -2.86. The van der Waals surface area contributed by atoms with Crippen molar-refractivity contribution in [2.75, 3.05) is 43.1 Å². The summed E-state index contributed by atoms with van der Waals surface area (Å²) in [4.78, 5) is 31.2. The van der Waals surface area contributed by atoms with Crippen molar-refractivity contribution >= 4 is 23.2 Å². The van der Waals surface area contributed by atoms with Crippen LogP contribution in [0.15, 0.2) is 54.6 Å². The average molecular weight is 365 g/mol. The molecule has 2 aromatic carbocycles. The smallest absolute Gasteiger partial charge is 0.251 e. The Bertz CT molecular complexity index is 814. The Balaban J connectivity index is 1.43. The van der Waals surface area contributed by atoms with Gasteiger partial charge in [0.1, 0.15) is 5.75 Å². The van der Waals surface area contributed by atoms with E-state index in [1.54, 1.807) is 31.4 Å². The zero-order chi connectivity index (χ0) is 18.8. The van der Waals surface area contributed by atoms with Crippen molar-refractivity contribution in [2.24, 2.45) is 0 Å². The minimum absolute atomic E-state index is 0.127. The van der Waals surface area contributed by atoms with E-state index in [9.17, 15) is 9.59 Å². The molecule has 6 nitrogen and oxygen atoms in total. The number of ether oxygens (including phenoxy) is 1. The first kappa shape index (κ1) is 17.5. The number of carbonyl (C=O) groups excluding carboxylic acids is 2. The molecule has 2 amide bonds. The van der Waals surface area contributed by atoms with Crippen LogP contribution in [0.25, 0.3) is 0 Å². The van der Waals surface area contributed by atoms with E-state index in [1.165, 1.54) is 10.6 Å². The molecule has 0 saturated carbocycles. The SMILES string of the molecule is COc1ccc(N2C(=O)C[C@@H](N3CCN(c4ccccc4)CC3)C2=O)cc1. The predicted octanol–water partition coefficient (Wildman–Crippen LogP) is 2.15. The lowest BCUT2D eigenvalue weighted by Gasteiger charge is -2.38. The summed E-state index contributed by atoms with van der Waals surface area (Å²) in [5, 5.41) is 0. The van der Waals surface area contributed by atoms with Gasteiger partial charge < -0.3 is 9.64 Å². The molecule has 0 unspecified atom stereocenters. The van der Waals surface area contributed by atoms with Gasteiger partial charge in [0.15, 0.2) is 0 Å². The van der Waals surface area contributed by atoms with E-state index in [0.717, 1.165) is 26.2 Å². The minimum Gasteiger partial charge on any atom is -0.497 e. The Morgan fingerprint density at radius 3 is 2.15 bits per heavy atom. The Morgan fingerprint density at radius 2 is 1.52 bits per heavy atom. The maximum Gasteiger partial charge on any atom is 0.251 e. The molecule has 2 aromatic rings.